The summed E-state index contributed by atoms with van der Waals surface area (Å²) in [4.78, 5) is 17.1. The Morgan fingerprint density at radius 1 is 1.36 bits per heavy atom. The number of amides is 2. The van der Waals surface area contributed by atoms with E-state index in [1.54, 1.807) is 23.9 Å². The zero-order chi connectivity index (χ0) is 19.9. The maximum atomic E-state index is 12.7. The molecule has 8 nitrogen and oxygen atoms in total. The lowest BCUT2D eigenvalue weighted by atomic mass is 9.89. The molecule has 4 rings (SSSR count). The van der Waals surface area contributed by atoms with Crippen molar-refractivity contribution in [2.45, 2.75) is 38.8 Å². The molecule has 0 bridgehead atoms. The molecule has 2 N–H and O–H groups in total. The van der Waals surface area contributed by atoms with Crippen LogP contribution >= 0.6 is 0 Å². The highest BCUT2D eigenvalue weighted by molar-refractivity contribution is 5.93. The van der Waals surface area contributed by atoms with Gasteiger partial charge in [0.2, 0.25) is 0 Å². The topological polar surface area (TPSA) is 89.8 Å². The fourth-order valence-electron chi connectivity index (χ4n) is 3.51. The number of aromatic nitrogens is 3. The molecule has 0 saturated carbocycles. The predicted molar refractivity (Wildman–Crippen MR) is 105 cm³/mol. The molecule has 3 heterocycles. The molecular formula is C20H23N5O3. The summed E-state index contributed by atoms with van der Waals surface area (Å²) in [7, 11) is 1.62. The van der Waals surface area contributed by atoms with Crippen molar-refractivity contribution in [3.05, 3.63) is 47.9 Å². The number of methoxy groups -OCH3 is 1. The number of carbonyl (C=O) groups is 1. The quantitative estimate of drug-likeness (QED) is 0.725. The maximum absolute atomic E-state index is 12.7. The number of rotatable bonds is 3. The molecule has 28 heavy (non-hydrogen) atoms. The van der Waals surface area contributed by atoms with Crippen molar-refractivity contribution in [1.82, 2.24) is 19.9 Å². The number of hydrogen-bond acceptors (Lipinski definition) is 5. The minimum atomic E-state index is -0.415. The van der Waals surface area contributed by atoms with Crippen molar-refractivity contribution in [3.8, 4) is 11.5 Å². The van der Waals surface area contributed by atoms with Gasteiger partial charge >= 0.3 is 6.03 Å². The van der Waals surface area contributed by atoms with Crippen molar-refractivity contribution < 1.29 is 14.3 Å². The Labute approximate surface area is 162 Å². The Hall–Kier alpha value is -3.29. The second-order valence-electron chi connectivity index (χ2n) is 7.47. The van der Waals surface area contributed by atoms with Crippen LogP contribution in [0.5, 0.6) is 11.5 Å². The average Bonchev–Trinajstić information content (AvgIpc) is 3.01. The molecule has 2 amide bonds. The summed E-state index contributed by atoms with van der Waals surface area (Å²) in [5.41, 5.74) is 1.71. The summed E-state index contributed by atoms with van der Waals surface area (Å²) in [5, 5.41) is 10.2. The van der Waals surface area contributed by atoms with Crippen LogP contribution in [-0.2, 0) is 0 Å². The number of anilines is 1. The fourth-order valence-corrected chi connectivity index (χ4v) is 3.51. The smallest absolute Gasteiger partial charge is 0.319 e. The van der Waals surface area contributed by atoms with Gasteiger partial charge in [0.25, 0.3) is 0 Å². The molecule has 2 aromatic heterocycles. The summed E-state index contributed by atoms with van der Waals surface area (Å²) >= 11 is 0. The van der Waals surface area contributed by atoms with E-state index in [2.05, 4.69) is 20.7 Å². The number of hydrogen-bond donors (Lipinski definition) is 2. The molecule has 3 aromatic rings. The van der Waals surface area contributed by atoms with Gasteiger partial charge in [-0.15, -0.1) is 0 Å². The van der Waals surface area contributed by atoms with E-state index < -0.39 is 5.60 Å². The molecule has 0 aliphatic carbocycles. The van der Waals surface area contributed by atoms with Gasteiger partial charge in [-0.2, -0.15) is 5.10 Å². The standard InChI is InChI=1S/C20H23N5O3/c1-12-21-18-15(6-5-9-25(18)24-12)22-19(26)23-16-11-20(2,3)28-17-10-13(27-4)7-8-14(16)17/h5-10,16H,11H2,1-4H3,(H2,22,23,26). The molecule has 0 spiro atoms. The first-order chi connectivity index (χ1) is 13.3. The van der Waals surface area contributed by atoms with Crippen molar-refractivity contribution >= 4 is 17.4 Å². The van der Waals surface area contributed by atoms with E-state index in [0.717, 1.165) is 11.3 Å². The van der Waals surface area contributed by atoms with Crippen LogP contribution in [0.1, 0.15) is 37.7 Å². The Bertz CT molecular complexity index is 1040. The SMILES string of the molecule is COc1ccc2c(c1)OC(C)(C)CC2NC(=O)Nc1cccn2nc(C)nc12. The molecule has 1 aliphatic heterocycles. The van der Waals surface area contributed by atoms with Crippen molar-refractivity contribution in [3.63, 3.8) is 0 Å². The Morgan fingerprint density at radius 3 is 2.96 bits per heavy atom. The van der Waals surface area contributed by atoms with E-state index in [4.69, 9.17) is 9.47 Å². The van der Waals surface area contributed by atoms with Gasteiger partial charge in [-0.05, 0) is 45.0 Å². The Balaban J connectivity index is 1.57. The first kappa shape index (κ1) is 18.1. The number of nitrogens with one attached hydrogen (secondary N) is 2. The zero-order valence-electron chi connectivity index (χ0n) is 16.3. The largest absolute Gasteiger partial charge is 0.497 e. The summed E-state index contributed by atoms with van der Waals surface area (Å²) in [6.07, 6.45) is 2.44. The van der Waals surface area contributed by atoms with Gasteiger partial charge in [0.05, 0.1) is 18.8 Å². The maximum Gasteiger partial charge on any atom is 0.319 e. The first-order valence-electron chi connectivity index (χ1n) is 9.11. The highest BCUT2D eigenvalue weighted by atomic mass is 16.5. The number of fused-ring (bicyclic) bond motifs is 2. The number of nitrogens with zero attached hydrogens (tertiary/aromatic N) is 3. The number of urea groups is 1. The lowest BCUT2D eigenvalue weighted by Crippen LogP contribution is -2.42. The molecule has 146 valence electrons. The van der Waals surface area contributed by atoms with Crippen LogP contribution in [0.15, 0.2) is 36.5 Å². The number of carbonyl (C=O) groups excluding carboxylic acids is 1. The molecule has 1 unspecified atom stereocenters. The third kappa shape index (κ3) is 3.45. The minimum Gasteiger partial charge on any atom is -0.497 e. The number of benzene rings is 1. The second-order valence-corrected chi connectivity index (χ2v) is 7.47. The van der Waals surface area contributed by atoms with E-state index in [0.29, 0.717) is 29.3 Å². The molecule has 0 saturated heterocycles. The van der Waals surface area contributed by atoms with Crippen LogP contribution in [0.4, 0.5) is 10.5 Å². The molecular weight excluding hydrogens is 358 g/mol. The van der Waals surface area contributed by atoms with Crippen LogP contribution in [0.2, 0.25) is 0 Å². The van der Waals surface area contributed by atoms with Gasteiger partial charge in [0.15, 0.2) is 5.65 Å². The molecule has 1 atom stereocenters. The molecule has 0 radical (unpaired) electrons. The van der Waals surface area contributed by atoms with Gasteiger partial charge < -0.3 is 20.1 Å². The second kappa shape index (κ2) is 6.70. The fraction of sp³-hybridized carbons (Fsp3) is 0.350. The van der Waals surface area contributed by atoms with Crippen LogP contribution in [-0.4, -0.2) is 33.3 Å². The van der Waals surface area contributed by atoms with Crippen molar-refractivity contribution in [2.24, 2.45) is 0 Å². The molecule has 1 aromatic carbocycles. The third-order valence-electron chi connectivity index (χ3n) is 4.70. The van der Waals surface area contributed by atoms with E-state index >= 15 is 0 Å². The normalized spacial score (nSPS) is 17.5. The first-order valence-corrected chi connectivity index (χ1v) is 9.11. The van der Waals surface area contributed by atoms with E-state index in [-0.39, 0.29) is 12.1 Å². The lowest BCUT2D eigenvalue weighted by Gasteiger charge is -2.38. The summed E-state index contributed by atoms with van der Waals surface area (Å²) in [5.74, 6) is 2.08. The van der Waals surface area contributed by atoms with E-state index in [1.165, 1.54) is 0 Å². The molecule has 8 heteroatoms. The van der Waals surface area contributed by atoms with Crippen LogP contribution in [0, 0.1) is 6.92 Å². The third-order valence-corrected chi connectivity index (χ3v) is 4.70. The lowest BCUT2D eigenvalue weighted by molar-refractivity contribution is 0.0679. The van der Waals surface area contributed by atoms with E-state index in [9.17, 15) is 4.79 Å². The van der Waals surface area contributed by atoms with Gasteiger partial charge in [-0.3, -0.25) is 0 Å². The number of ether oxygens (including phenoxy) is 2. The van der Waals surface area contributed by atoms with Gasteiger partial charge in [-0.1, -0.05) is 0 Å². The van der Waals surface area contributed by atoms with Crippen LogP contribution < -0.4 is 20.1 Å². The molecule has 0 fully saturated rings. The minimum absolute atomic E-state index is 0.191. The average molecular weight is 381 g/mol. The van der Waals surface area contributed by atoms with Gasteiger partial charge in [-0.25, -0.2) is 14.3 Å². The van der Waals surface area contributed by atoms with Gasteiger partial charge in [0.1, 0.15) is 22.9 Å². The van der Waals surface area contributed by atoms with Crippen molar-refractivity contribution in [1.29, 1.82) is 0 Å². The Morgan fingerprint density at radius 2 is 2.18 bits per heavy atom. The predicted octanol–water partition coefficient (Wildman–Crippen LogP) is 3.47. The van der Waals surface area contributed by atoms with Crippen LogP contribution in [0.25, 0.3) is 5.65 Å². The summed E-state index contributed by atoms with van der Waals surface area (Å²) in [6.45, 7) is 5.82. The van der Waals surface area contributed by atoms with Crippen LogP contribution in [0.3, 0.4) is 0 Å². The Kier molecular flexibility index (Phi) is 4.33. The monoisotopic (exact) mass is 381 g/mol. The highest BCUT2D eigenvalue weighted by Crippen LogP contribution is 2.41. The summed E-state index contributed by atoms with van der Waals surface area (Å²) < 4.78 is 13.0. The highest BCUT2D eigenvalue weighted by Gasteiger charge is 2.35. The number of aryl methyl sites for hydroxylation is 1. The number of pyridine rings is 1. The van der Waals surface area contributed by atoms with E-state index in [1.807, 2.05) is 45.0 Å². The molecule has 1 aliphatic rings. The summed E-state index contributed by atoms with van der Waals surface area (Å²) in [6, 6.07) is 8.76. The zero-order valence-corrected chi connectivity index (χ0v) is 16.3. The van der Waals surface area contributed by atoms with Crippen molar-refractivity contribution in [2.75, 3.05) is 12.4 Å². The van der Waals surface area contributed by atoms with Gasteiger partial charge in [0, 0.05) is 24.2 Å².